The average molecular weight is 383 g/mol. The Bertz CT molecular complexity index is 771. The number of anilines is 2. The highest BCUT2D eigenvalue weighted by molar-refractivity contribution is 5.92. The van der Waals surface area contributed by atoms with Crippen LogP contribution in [-0.2, 0) is 4.74 Å². The first-order valence-electron chi connectivity index (χ1n) is 9.64. The lowest BCUT2D eigenvalue weighted by molar-refractivity contribution is 0.187. The van der Waals surface area contributed by atoms with E-state index in [1.165, 1.54) is 11.3 Å². The number of rotatable bonds is 6. The van der Waals surface area contributed by atoms with Crippen LogP contribution in [0.25, 0.3) is 0 Å². The maximum absolute atomic E-state index is 13.2. The molecule has 0 saturated carbocycles. The van der Waals surface area contributed by atoms with Crippen molar-refractivity contribution in [3.05, 3.63) is 54.1 Å². The second-order valence-electron chi connectivity index (χ2n) is 6.89. The number of aryl methyl sites for hydroxylation is 1. The van der Waals surface area contributed by atoms with Gasteiger partial charge in [0.05, 0.1) is 20.3 Å². The van der Waals surface area contributed by atoms with Crippen LogP contribution in [0.1, 0.15) is 5.56 Å². The minimum Gasteiger partial charge on any atom is -0.497 e. The van der Waals surface area contributed by atoms with Crippen molar-refractivity contribution in [2.75, 3.05) is 63.4 Å². The lowest BCUT2D eigenvalue weighted by atomic mass is 10.1. The molecule has 2 aromatic carbocycles. The largest absolute Gasteiger partial charge is 0.497 e. The molecule has 1 aliphatic heterocycles. The van der Waals surface area contributed by atoms with Crippen molar-refractivity contribution in [1.29, 1.82) is 0 Å². The summed E-state index contributed by atoms with van der Waals surface area (Å²) >= 11 is 0. The van der Waals surface area contributed by atoms with Gasteiger partial charge in [0.1, 0.15) is 5.75 Å². The lowest BCUT2D eigenvalue weighted by Crippen LogP contribution is -2.53. The number of amides is 2. The Kier molecular flexibility index (Phi) is 6.76. The van der Waals surface area contributed by atoms with E-state index in [1.54, 1.807) is 19.1 Å². The predicted molar refractivity (Wildman–Crippen MR) is 113 cm³/mol. The second-order valence-corrected chi connectivity index (χ2v) is 6.89. The molecular weight excluding hydrogens is 354 g/mol. The highest BCUT2D eigenvalue weighted by atomic mass is 16.5. The van der Waals surface area contributed by atoms with E-state index in [2.05, 4.69) is 36.1 Å². The summed E-state index contributed by atoms with van der Waals surface area (Å²) in [6, 6.07) is 16.0. The van der Waals surface area contributed by atoms with E-state index in [9.17, 15) is 4.79 Å². The summed E-state index contributed by atoms with van der Waals surface area (Å²) in [5, 5.41) is 0. The fourth-order valence-electron chi connectivity index (χ4n) is 3.51. The highest BCUT2D eigenvalue weighted by Crippen LogP contribution is 2.23. The van der Waals surface area contributed by atoms with E-state index < -0.39 is 0 Å². The fraction of sp³-hybridized carbons (Fsp3) is 0.409. The molecule has 28 heavy (non-hydrogen) atoms. The molecule has 0 unspecified atom stereocenters. The summed E-state index contributed by atoms with van der Waals surface area (Å²) in [5.74, 6) is 0.773. The molecule has 2 amide bonds. The van der Waals surface area contributed by atoms with Crippen molar-refractivity contribution in [3.63, 3.8) is 0 Å². The summed E-state index contributed by atoms with van der Waals surface area (Å²) in [5.41, 5.74) is 3.37. The Morgan fingerprint density at radius 3 is 2.29 bits per heavy atom. The molecule has 0 aliphatic carbocycles. The van der Waals surface area contributed by atoms with Crippen molar-refractivity contribution in [2.24, 2.45) is 0 Å². The third-order valence-corrected chi connectivity index (χ3v) is 5.14. The van der Waals surface area contributed by atoms with Crippen molar-refractivity contribution in [2.45, 2.75) is 6.92 Å². The van der Waals surface area contributed by atoms with Gasteiger partial charge in [-0.3, -0.25) is 4.90 Å². The lowest BCUT2D eigenvalue weighted by Gasteiger charge is -2.39. The molecule has 0 spiro atoms. The number of urea groups is 1. The van der Waals surface area contributed by atoms with E-state index in [0.29, 0.717) is 26.2 Å². The molecule has 2 aromatic rings. The zero-order valence-electron chi connectivity index (χ0n) is 16.9. The molecule has 0 radical (unpaired) electrons. The molecule has 150 valence electrons. The Balaban J connectivity index is 1.68. The first-order valence-corrected chi connectivity index (χ1v) is 9.64. The first kappa shape index (κ1) is 20.0. The standard InChI is InChI=1S/C22H29N3O3/c1-18-6-4-5-7-21(18)23-12-14-24(15-13-23)22(26)25(16-17-27-2)19-8-10-20(28-3)11-9-19/h4-11H,12-17H2,1-3H3. The van der Waals surface area contributed by atoms with Crippen molar-refractivity contribution >= 4 is 17.4 Å². The van der Waals surface area contributed by atoms with Crippen molar-refractivity contribution < 1.29 is 14.3 Å². The van der Waals surface area contributed by atoms with E-state index in [-0.39, 0.29) is 6.03 Å². The molecule has 1 aliphatic rings. The van der Waals surface area contributed by atoms with Crippen LogP contribution in [0.3, 0.4) is 0 Å². The third-order valence-electron chi connectivity index (χ3n) is 5.14. The van der Waals surface area contributed by atoms with Gasteiger partial charge in [-0.2, -0.15) is 0 Å². The van der Waals surface area contributed by atoms with Gasteiger partial charge in [0.2, 0.25) is 0 Å². The highest BCUT2D eigenvalue weighted by Gasteiger charge is 2.26. The maximum Gasteiger partial charge on any atom is 0.324 e. The number of hydrogen-bond donors (Lipinski definition) is 0. The predicted octanol–water partition coefficient (Wildman–Crippen LogP) is 3.40. The smallest absolute Gasteiger partial charge is 0.324 e. The number of carbonyl (C=O) groups excluding carboxylic acids is 1. The van der Waals surface area contributed by atoms with Crippen LogP contribution in [0.2, 0.25) is 0 Å². The van der Waals surface area contributed by atoms with Crippen molar-refractivity contribution in [3.8, 4) is 5.75 Å². The van der Waals surface area contributed by atoms with E-state index >= 15 is 0 Å². The van der Waals surface area contributed by atoms with Crippen LogP contribution in [-0.4, -0.2) is 64.5 Å². The molecule has 0 bridgehead atoms. The normalized spacial score (nSPS) is 14.1. The Labute approximate surface area is 167 Å². The summed E-state index contributed by atoms with van der Waals surface area (Å²) in [6.07, 6.45) is 0. The first-order chi connectivity index (χ1) is 13.6. The Hall–Kier alpha value is -2.73. The number of ether oxygens (including phenoxy) is 2. The molecule has 1 fully saturated rings. The minimum atomic E-state index is 0.0200. The number of carbonyl (C=O) groups is 1. The van der Waals surface area contributed by atoms with Crippen LogP contribution in [0.15, 0.2) is 48.5 Å². The molecule has 6 nitrogen and oxygen atoms in total. The van der Waals surface area contributed by atoms with E-state index in [4.69, 9.17) is 9.47 Å². The van der Waals surface area contributed by atoms with Gasteiger partial charge in [0.25, 0.3) is 0 Å². The minimum absolute atomic E-state index is 0.0200. The van der Waals surface area contributed by atoms with Gasteiger partial charge in [-0.15, -0.1) is 0 Å². The fourth-order valence-corrected chi connectivity index (χ4v) is 3.51. The van der Waals surface area contributed by atoms with Crippen LogP contribution in [0.4, 0.5) is 16.2 Å². The van der Waals surface area contributed by atoms with Crippen LogP contribution < -0.4 is 14.5 Å². The maximum atomic E-state index is 13.2. The molecular formula is C22H29N3O3. The Morgan fingerprint density at radius 1 is 1.00 bits per heavy atom. The second kappa shape index (κ2) is 9.46. The van der Waals surface area contributed by atoms with Gasteiger partial charge < -0.3 is 19.3 Å². The number of piperazine rings is 1. The van der Waals surface area contributed by atoms with Crippen LogP contribution >= 0.6 is 0 Å². The van der Waals surface area contributed by atoms with Crippen LogP contribution in [0.5, 0.6) is 5.75 Å². The topological polar surface area (TPSA) is 45.2 Å². The van der Waals surface area contributed by atoms with Gasteiger partial charge in [-0.25, -0.2) is 4.79 Å². The molecule has 6 heteroatoms. The molecule has 0 atom stereocenters. The summed E-state index contributed by atoms with van der Waals surface area (Å²) in [6.45, 7) is 6.19. The van der Waals surface area contributed by atoms with E-state index in [1.807, 2.05) is 29.2 Å². The summed E-state index contributed by atoms with van der Waals surface area (Å²) in [7, 11) is 3.29. The summed E-state index contributed by atoms with van der Waals surface area (Å²) in [4.78, 5) is 19.3. The summed E-state index contributed by atoms with van der Waals surface area (Å²) < 4.78 is 10.4. The van der Waals surface area contributed by atoms with Gasteiger partial charge in [0, 0.05) is 44.7 Å². The van der Waals surface area contributed by atoms with E-state index in [0.717, 1.165) is 24.5 Å². The number of hydrogen-bond acceptors (Lipinski definition) is 4. The molecule has 1 saturated heterocycles. The SMILES string of the molecule is COCCN(C(=O)N1CCN(c2ccccc2C)CC1)c1ccc(OC)cc1. The van der Waals surface area contributed by atoms with Gasteiger partial charge in [-0.1, -0.05) is 18.2 Å². The zero-order valence-corrected chi connectivity index (χ0v) is 16.9. The van der Waals surface area contributed by atoms with Crippen molar-refractivity contribution in [1.82, 2.24) is 4.90 Å². The number of nitrogens with zero attached hydrogens (tertiary/aromatic N) is 3. The average Bonchev–Trinajstić information content (AvgIpc) is 2.75. The Morgan fingerprint density at radius 2 is 1.68 bits per heavy atom. The van der Waals surface area contributed by atoms with Gasteiger partial charge in [0.15, 0.2) is 0 Å². The number of methoxy groups -OCH3 is 2. The molecule has 3 rings (SSSR count). The quantitative estimate of drug-likeness (QED) is 0.767. The number of para-hydroxylation sites is 1. The number of benzene rings is 2. The van der Waals surface area contributed by atoms with Gasteiger partial charge >= 0.3 is 6.03 Å². The molecule has 0 aromatic heterocycles. The molecule has 0 N–H and O–H groups in total. The third kappa shape index (κ3) is 4.57. The molecule has 1 heterocycles. The zero-order chi connectivity index (χ0) is 19.9. The monoisotopic (exact) mass is 383 g/mol. The van der Waals surface area contributed by atoms with Crippen LogP contribution in [0, 0.1) is 6.92 Å². The van der Waals surface area contributed by atoms with Gasteiger partial charge in [-0.05, 0) is 42.8 Å².